The van der Waals surface area contributed by atoms with Crippen molar-refractivity contribution in [3.63, 3.8) is 0 Å². The van der Waals surface area contributed by atoms with Crippen molar-refractivity contribution >= 4 is 33.1 Å². The average molecular weight is 310 g/mol. The number of nitriles is 1. The Balaban J connectivity index is 2.79. The minimum Gasteiger partial charge on any atom is -0.385 e. The van der Waals surface area contributed by atoms with Crippen LogP contribution in [0.4, 0.5) is 5.82 Å². The molecule has 0 amide bonds. The number of nitrogens with zero attached hydrogens (tertiary/aromatic N) is 2. The third-order valence-corrected chi connectivity index (χ3v) is 4.14. The molecule has 86 valence electrons. The molecule has 0 saturated carbocycles. The van der Waals surface area contributed by atoms with Gasteiger partial charge < -0.3 is 5.73 Å². The predicted molar refractivity (Wildman–Crippen MR) is 71.8 cm³/mol. The molecule has 2 rings (SSSR count). The van der Waals surface area contributed by atoms with Gasteiger partial charge in [-0.05, 0) is 28.1 Å². The molecule has 0 aliphatic rings. The zero-order chi connectivity index (χ0) is 12.6. The molecule has 0 atom stereocenters. The minimum absolute atomic E-state index is 0.121. The first-order chi connectivity index (χ1) is 8.04. The Morgan fingerprint density at radius 2 is 2.24 bits per heavy atom. The SMILES string of the molecule is Cn1c(N)cc(-c2cc(Br)cs2)c(C#N)c1=O. The van der Waals surface area contributed by atoms with E-state index < -0.39 is 0 Å². The van der Waals surface area contributed by atoms with Crippen molar-refractivity contribution in [2.75, 3.05) is 5.73 Å². The second-order valence-corrected chi connectivity index (χ2v) is 5.29. The van der Waals surface area contributed by atoms with Crippen LogP contribution in [0.1, 0.15) is 5.56 Å². The van der Waals surface area contributed by atoms with Gasteiger partial charge >= 0.3 is 0 Å². The molecule has 0 fully saturated rings. The van der Waals surface area contributed by atoms with E-state index in [2.05, 4.69) is 15.9 Å². The van der Waals surface area contributed by atoms with Crippen LogP contribution >= 0.6 is 27.3 Å². The molecule has 2 heterocycles. The second-order valence-electron chi connectivity index (χ2n) is 3.46. The van der Waals surface area contributed by atoms with Crippen molar-refractivity contribution in [1.29, 1.82) is 5.26 Å². The fourth-order valence-electron chi connectivity index (χ4n) is 1.47. The number of anilines is 1. The van der Waals surface area contributed by atoms with E-state index in [4.69, 9.17) is 11.0 Å². The largest absolute Gasteiger partial charge is 0.385 e. The van der Waals surface area contributed by atoms with E-state index in [9.17, 15) is 4.79 Å². The van der Waals surface area contributed by atoms with Crippen LogP contribution in [-0.4, -0.2) is 4.57 Å². The molecule has 2 aromatic rings. The van der Waals surface area contributed by atoms with Crippen molar-refractivity contribution in [3.8, 4) is 16.5 Å². The molecule has 0 bridgehead atoms. The van der Waals surface area contributed by atoms with Crippen LogP contribution in [-0.2, 0) is 7.05 Å². The zero-order valence-corrected chi connectivity index (χ0v) is 11.3. The maximum Gasteiger partial charge on any atom is 0.270 e. The van der Waals surface area contributed by atoms with Gasteiger partial charge in [0, 0.05) is 27.3 Å². The van der Waals surface area contributed by atoms with E-state index in [-0.39, 0.29) is 11.1 Å². The molecule has 2 N–H and O–H groups in total. The zero-order valence-electron chi connectivity index (χ0n) is 8.90. The maximum absolute atomic E-state index is 11.9. The second kappa shape index (κ2) is 4.35. The van der Waals surface area contributed by atoms with Crippen LogP contribution in [0.3, 0.4) is 0 Å². The molecule has 0 spiro atoms. The number of thiophene rings is 1. The quantitative estimate of drug-likeness (QED) is 0.878. The Hall–Kier alpha value is -1.58. The summed E-state index contributed by atoms with van der Waals surface area (Å²) >= 11 is 4.79. The van der Waals surface area contributed by atoms with Gasteiger partial charge in [-0.25, -0.2) is 0 Å². The lowest BCUT2D eigenvalue weighted by Crippen LogP contribution is -2.22. The molecule has 17 heavy (non-hydrogen) atoms. The number of halogens is 1. The third-order valence-electron chi connectivity index (χ3n) is 2.41. The lowest BCUT2D eigenvalue weighted by atomic mass is 10.1. The van der Waals surface area contributed by atoms with Gasteiger partial charge in [-0.3, -0.25) is 9.36 Å². The van der Waals surface area contributed by atoms with E-state index in [0.29, 0.717) is 11.4 Å². The molecule has 2 aromatic heterocycles. The summed E-state index contributed by atoms with van der Waals surface area (Å²) in [6.45, 7) is 0. The third kappa shape index (κ3) is 1.99. The fourth-order valence-corrected chi connectivity index (χ4v) is 2.93. The van der Waals surface area contributed by atoms with Gasteiger partial charge in [0.25, 0.3) is 5.56 Å². The number of hydrogen-bond acceptors (Lipinski definition) is 4. The van der Waals surface area contributed by atoms with Crippen molar-refractivity contribution in [1.82, 2.24) is 4.57 Å². The van der Waals surface area contributed by atoms with E-state index in [1.807, 2.05) is 17.5 Å². The van der Waals surface area contributed by atoms with Gasteiger partial charge in [0.2, 0.25) is 0 Å². The van der Waals surface area contributed by atoms with Gasteiger partial charge in [-0.15, -0.1) is 11.3 Å². The molecule has 0 unspecified atom stereocenters. The molecular weight excluding hydrogens is 302 g/mol. The van der Waals surface area contributed by atoms with Crippen LogP contribution in [0, 0.1) is 11.3 Å². The molecule has 0 aromatic carbocycles. The molecule has 6 heteroatoms. The van der Waals surface area contributed by atoms with Crippen molar-refractivity contribution in [2.24, 2.45) is 7.05 Å². The Morgan fingerprint density at radius 1 is 1.53 bits per heavy atom. The summed E-state index contributed by atoms with van der Waals surface area (Å²) in [7, 11) is 1.55. The maximum atomic E-state index is 11.9. The summed E-state index contributed by atoms with van der Waals surface area (Å²) in [5, 5.41) is 11.0. The Labute approximate surface area is 110 Å². The summed E-state index contributed by atoms with van der Waals surface area (Å²) in [6.07, 6.45) is 0. The Morgan fingerprint density at radius 3 is 2.76 bits per heavy atom. The number of rotatable bonds is 1. The van der Waals surface area contributed by atoms with Gasteiger partial charge in [-0.2, -0.15) is 5.26 Å². The summed E-state index contributed by atoms with van der Waals surface area (Å²) in [5.41, 5.74) is 6.08. The first kappa shape index (κ1) is 11.9. The smallest absolute Gasteiger partial charge is 0.270 e. The van der Waals surface area contributed by atoms with E-state index in [0.717, 1.165) is 9.35 Å². The average Bonchev–Trinajstić information content (AvgIpc) is 2.72. The normalized spacial score (nSPS) is 10.2. The Bertz CT molecular complexity index is 681. The number of nitrogens with two attached hydrogens (primary N) is 1. The topological polar surface area (TPSA) is 71.8 Å². The summed E-state index contributed by atoms with van der Waals surface area (Å²) in [5.74, 6) is 0.341. The standard InChI is InChI=1S/C11H8BrN3OS/c1-15-10(14)3-7(8(4-13)11(15)16)9-2-6(12)5-17-9/h2-3,5H,14H2,1H3. The molecule has 0 aliphatic carbocycles. The molecule has 0 radical (unpaired) electrons. The van der Waals surface area contributed by atoms with Crippen LogP contribution in [0.15, 0.2) is 26.8 Å². The van der Waals surface area contributed by atoms with Crippen LogP contribution < -0.4 is 11.3 Å². The lowest BCUT2D eigenvalue weighted by molar-refractivity contribution is 0.871. The highest BCUT2D eigenvalue weighted by Crippen LogP contribution is 2.31. The van der Waals surface area contributed by atoms with Crippen LogP contribution in [0.5, 0.6) is 0 Å². The highest BCUT2D eigenvalue weighted by atomic mass is 79.9. The number of hydrogen-bond donors (Lipinski definition) is 1. The Kier molecular flexibility index (Phi) is 3.05. The fraction of sp³-hybridized carbons (Fsp3) is 0.0909. The number of nitrogen functional groups attached to an aromatic ring is 1. The number of pyridine rings is 1. The highest BCUT2D eigenvalue weighted by Gasteiger charge is 2.14. The van der Waals surface area contributed by atoms with Gasteiger partial charge in [0.1, 0.15) is 17.5 Å². The van der Waals surface area contributed by atoms with Crippen LogP contribution in [0.25, 0.3) is 10.4 Å². The van der Waals surface area contributed by atoms with E-state index in [1.54, 1.807) is 13.1 Å². The number of aromatic nitrogens is 1. The van der Waals surface area contributed by atoms with Crippen molar-refractivity contribution in [2.45, 2.75) is 0 Å². The minimum atomic E-state index is -0.368. The van der Waals surface area contributed by atoms with Gasteiger partial charge in [0.05, 0.1) is 0 Å². The molecule has 0 aliphatic heterocycles. The van der Waals surface area contributed by atoms with Crippen molar-refractivity contribution in [3.05, 3.63) is 37.9 Å². The lowest BCUT2D eigenvalue weighted by Gasteiger charge is -2.07. The monoisotopic (exact) mass is 309 g/mol. The summed E-state index contributed by atoms with van der Waals surface area (Å²) in [6, 6.07) is 5.45. The molecule has 0 saturated heterocycles. The van der Waals surface area contributed by atoms with Gasteiger partial charge in [-0.1, -0.05) is 0 Å². The molecular formula is C11H8BrN3OS. The van der Waals surface area contributed by atoms with Crippen molar-refractivity contribution < 1.29 is 0 Å². The van der Waals surface area contributed by atoms with E-state index in [1.165, 1.54) is 15.9 Å². The summed E-state index contributed by atoms with van der Waals surface area (Å²) < 4.78 is 2.19. The van der Waals surface area contributed by atoms with Crippen LogP contribution in [0.2, 0.25) is 0 Å². The molecule has 4 nitrogen and oxygen atoms in total. The summed E-state index contributed by atoms with van der Waals surface area (Å²) in [4.78, 5) is 12.7. The van der Waals surface area contributed by atoms with Gasteiger partial charge in [0.15, 0.2) is 0 Å². The predicted octanol–water partition coefficient (Wildman–Crippen LogP) is 2.33. The highest BCUT2D eigenvalue weighted by molar-refractivity contribution is 9.10. The van der Waals surface area contributed by atoms with E-state index >= 15 is 0 Å². The first-order valence-electron chi connectivity index (χ1n) is 4.68. The first-order valence-corrected chi connectivity index (χ1v) is 6.36.